The molecule has 4 rings (SSSR count). The summed E-state index contributed by atoms with van der Waals surface area (Å²) in [5, 5.41) is 25.6. The van der Waals surface area contributed by atoms with E-state index in [1.54, 1.807) is 29.2 Å². The van der Waals surface area contributed by atoms with Crippen molar-refractivity contribution in [2.75, 3.05) is 12.8 Å². The van der Waals surface area contributed by atoms with Crippen molar-refractivity contribution in [3.63, 3.8) is 0 Å². The Morgan fingerprint density at radius 1 is 1.11 bits per heavy atom. The standard InChI is InChI=1S/C19H17BN4O3/c1-27-18-11-17(24-8-2-6-23-24)15(10-16(18)20(25)26)12-3-4-14-13(9-12)5-7-22-19(14)21/h2-11,25-26H,1H3,(H2,21,22). The van der Waals surface area contributed by atoms with E-state index in [0.717, 1.165) is 27.6 Å². The van der Waals surface area contributed by atoms with E-state index in [4.69, 9.17) is 10.5 Å². The Labute approximate surface area is 155 Å². The minimum atomic E-state index is -1.66. The molecule has 0 fully saturated rings. The predicted molar refractivity (Wildman–Crippen MR) is 105 cm³/mol. The van der Waals surface area contributed by atoms with Gasteiger partial charge in [-0.05, 0) is 35.2 Å². The maximum Gasteiger partial charge on any atom is 0.492 e. The number of hydrogen-bond acceptors (Lipinski definition) is 6. The molecular formula is C19H17BN4O3. The zero-order valence-electron chi connectivity index (χ0n) is 14.6. The first-order valence-corrected chi connectivity index (χ1v) is 8.31. The van der Waals surface area contributed by atoms with Crippen LogP contribution >= 0.6 is 0 Å². The highest BCUT2D eigenvalue weighted by atomic mass is 16.5. The number of anilines is 1. The highest BCUT2D eigenvalue weighted by Crippen LogP contribution is 2.32. The number of benzene rings is 2. The fourth-order valence-corrected chi connectivity index (χ4v) is 3.17. The zero-order chi connectivity index (χ0) is 19.0. The van der Waals surface area contributed by atoms with Crippen LogP contribution in [0.15, 0.2) is 61.1 Å². The number of fused-ring (bicyclic) bond motifs is 1. The van der Waals surface area contributed by atoms with Crippen LogP contribution < -0.4 is 15.9 Å². The van der Waals surface area contributed by atoms with E-state index >= 15 is 0 Å². The minimum Gasteiger partial charge on any atom is -0.497 e. The van der Waals surface area contributed by atoms with Crippen molar-refractivity contribution in [2.45, 2.75) is 0 Å². The number of nitrogen functional groups attached to an aromatic ring is 1. The summed E-state index contributed by atoms with van der Waals surface area (Å²) in [6.45, 7) is 0. The van der Waals surface area contributed by atoms with Crippen LogP contribution in [-0.4, -0.2) is 39.0 Å². The van der Waals surface area contributed by atoms with Crippen molar-refractivity contribution in [2.24, 2.45) is 0 Å². The van der Waals surface area contributed by atoms with Crippen molar-refractivity contribution in [1.82, 2.24) is 14.8 Å². The van der Waals surface area contributed by atoms with Gasteiger partial charge in [-0.2, -0.15) is 5.10 Å². The van der Waals surface area contributed by atoms with Gasteiger partial charge in [0.15, 0.2) is 0 Å². The summed E-state index contributed by atoms with van der Waals surface area (Å²) in [7, 11) is -0.176. The normalized spacial score (nSPS) is 10.9. The highest BCUT2D eigenvalue weighted by molar-refractivity contribution is 6.60. The molecule has 134 valence electrons. The smallest absolute Gasteiger partial charge is 0.492 e. The van der Waals surface area contributed by atoms with Gasteiger partial charge in [0.05, 0.1) is 12.8 Å². The van der Waals surface area contributed by atoms with Crippen LogP contribution in [0.2, 0.25) is 0 Å². The van der Waals surface area contributed by atoms with Gasteiger partial charge in [0.1, 0.15) is 11.6 Å². The largest absolute Gasteiger partial charge is 0.497 e. The molecule has 0 saturated carbocycles. The van der Waals surface area contributed by atoms with E-state index in [0.29, 0.717) is 11.6 Å². The van der Waals surface area contributed by atoms with Crippen molar-refractivity contribution >= 4 is 29.2 Å². The molecular weight excluding hydrogens is 343 g/mol. The Hall–Kier alpha value is -3.36. The first-order valence-electron chi connectivity index (χ1n) is 8.31. The number of hydrogen-bond donors (Lipinski definition) is 3. The second-order valence-corrected chi connectivity index (χ2v) is 6.07. The lowest BCUT2D eigenvalue weighted by Crippen LogP contribution is -2.31. The Morgan fingerprint density at radius 2 is 1.96 bits per heavy atom. The molecule has 4 aromatic rings. The van der Waals surface area contributed by atoms with Crippen LogP contribution in [0.1, 0.15) is 0 Å². The number of nitrogens with zero attached hydrogens (tertiary/aromatic N) is 3. The number of nitrogens with two attached hydrogens (primary N) is 1. The van der Waals surface area contributed by atoms with E-state index in [9.17, 15) is 10.0 Å². The predicted octanol–water partition coefficient (Wildman–Crippen LogP) is 1.36. The number of methoxy groups -OCH3 is 1. The molecule has 0 atom stereocenters. The lowest BCUT2D eigenvalue weighted by atomic mass is 9.77. The minimum absolute atomic E-state index is 0.276. The summed E-state index contributed by atoms with van der Waals surface area (Å²) in [5.74, 6) is 0.834. The van der Waals surface area contributed by atoms with Crippen LogP contribution in [0, 0.1) is 0 Å². The molecule has 0 bridgehead atoms. The van der Waals surface area contributed by atoms with Crippen molar-refractivity contribution in [3.8, 4) is 22.6 Å². The van der Waals surface area contributed by atoms with Crippen molar-refractivity contribution in [1.29, 1.82) is 0 Å². The zero-order valence-corrected chi connectivity index (χ0v) is 14.6. The number of aromatic nitrogens is 3. The summed E-state index contributed by atoms with van der Waals surface area (Å²) < 4.78 is 7.04. The van der Waals surface area contributed by atoms with Crippen LogP contribution in [0.4, 0.5) is 5.82 Å². The van der Waals surface area contributed by atoms with Gasteiger partial charge in [-0.1, -0.05) is 12.1 Å². The molecule has 0 aliphatic heterocycles. The van der Waals surface area contributed by atoms with E-state index < -0.39 is 7.12 Å². The Morgan fingerprint density at radius 3 is 2.67 bits per heavy atom. The molecule has 0 spiro atoms. The molecule has 0 aliphatic carbocycles. The molecule has 0 unspecified atom stereocenters. The van der Waals surface area contributed by atoms with Gasteiger partial charge in [-0.25, -0.2) is 9.67 Å². The number of ether oxygens (including phenoxy) is 1. The van der Waals surface area contributed by atoms with Crippen LogP contribution in [0.25, 0.3) is 27.6 Å². The lowest BCUT2D eigenvalue weighted by molar-refractivity contribution is 0.403. The average Bonchev–Trinajstić information content (AvgIpc) is 3.21. The fraction of sp³-hybridized carbons (Fsp3) is 0.0526. The van der Waals surface area contributed by atoms with E-state index in [1.165, 1.54) is 7.11 Å². The van der Waals surface area contributed by atoms with Gasteiger partial charge in [-0.3, -0.25) is 0 Å². The van der Waals surface area contributed by atoms with Gasteiger partial charge in [-0.15, -0.1) is 0 Å². The molecule has 8 heteroatoms. The van der Waals surface area contributed by atoms with Crippen LogP contribution in [0.5, 0.6) is 5.75 Å². The number of rotatable bonds is 4. The molecule has 7 nitrogen and oxygen atoms in total. The summed E-state index contributed by atoms with van der Waals surface area (Å²) in [5.41, 5.74) is 8.63. The molecule has 0 saturated heterocycles. The lowest BCUT2D eigenvalue weighted by Gasteiger charge is -2.16. The highest BCUT2D eigenvalue weighted by Gasteiger charge is 2.21. The molecule has 27 heavy (non-hydrogen) atoms. The van der Waals surface area contributed by atoms with Gasteiger partial charge in [0.2, 0.25) is 0 Å². The quantitative estimate of drug-likeness (QED) is 0.475. The molecule has 2 aromatic heterocycles. The van der Waals surface area contributed by atoms with Gasteiger partial charge >= 0.3 is 7.12 Å². The molecule has 2 aromatic carbocycles. The van der Waals surface area contributed by atoms with Crippen LogP contribution in [-0.2, 0) is 0 Å². The first-order chi connectivity index (χ1) is 13.1. The van der Waals surface area contributed by atoms with E-state index in [-0.39, 0.29) is 5.46 Å². The molecule has 0 aliphatic rings. The van der Waals surface area contributed by atoms with Crippen molar-refractivity contribution in [3.05, 3.63) is 61.1 Å². The third-order valence-corrected chi connectivity index (χ3v) is 4.48. The summed E-state index contributed by atoms with van der Waals surface area (Å²) in [6, 6.07) is 12.9. The molecule has 2 heterocycles. The number of pyridine rings is 1. The second kappa shape index (κ2) is 6.75. The van der Waals surface area contributed by atoms with E-state index in [2.05, 4.69) is 10.1 Å². The average molecular weight is 360 g/mol. The summed E-state index contributed by atoms with van der Waals surface area (Å²) in [4.78, 5) is 4.11. The first kappa shape index (κ1) is 17.1. The Balaban J connectivity index is 1.99. The second-order valence-electron chi connectivity index (χ2n) is 6.07. The van der Waals surface area contributed by atoms with Crippen LogP contribution in [0.3, 0.4) is 0 Å². The SMILES string of the molecule is COc1cc(-n2cccn2)c(-c2ccc3c(N)nccc3c2)cc1B(O)O. The van der Waals surface area contributed by atoms with Crippen molar-refractivity contribution < 1.29 is 14.8 Å². The Bertz CT molecular complexity index is 1110. The maximum absolute atomic E-state index is 9.76. The third-order valence-electron chi connectivity index (χ3n) is 4.48. The summed E-state index contributed by atoms with van der Waals surface area (Å²) in [6.07, 6.45) is 5.15. The van der Waals surface area contributed by atoms with Gasteiger partial charge < -0.3 is 20.5 Å². The topological polar surface area (TPSA) is 106 Å². The Kier molecular flexibility index (Phi) is 4.27. The third kappa shape index (κ3) is 3.01. The molecule has 0 radical (unpaired) electrons. The maximum atomic E-state index is 9.76. The molecule has 0 amide bonds. The van der Waals surface area contributed by atoms with E-state index in [1.807, 2.05) is 36.5 Å². The summed E-state index contributed by atoms with van der Waals surface area (Å²) >= 11 is 0. The molecule has 4 N–H and O–H groups in total. The monoisotopic (exact) mass is 360 g/mol. The van der Waals surface area contributed by atoms with Gasteiger partial charge in [0, 0.05) is 41.1 Å². The fourth-order valence-electron chi connectivity index (χ4n) is 3.17. The van der Waals surface area contributed by atoms with Gasteiger partial charge in [0.25, 0.3) is 0 Å².